The number of rotatable bonds is 4. The molecular weight excluding hydrogens is 238 g/mol. The SMILES string of the molecule is COc1cc(CO)ccc1CNC(=O)C(=O)NN. The molecule has 0 aliphatic rings. The van der Waals surface area contributed by atoms with E-state index in [4.69, 9.17) is 15.7 Å². The largest absolute Gasteiger partial charge is 0.496 e. The van der Waals surface area contributed by atoms with Gasteiger partial charge in [0.15, 0.2) is 0 Å². The van der Waals surface area contributed by atoms with Gasteiger partial charge >= 0.3 is 11.8 Å². The lowest BCUT2D eigenvalue weighted by molar-refractivity contribution is -0.139. The maximum atomic E-state index is 11.2. The lowest BCUT2D eigenvalue weighted by Crippen LogP contribution is -2.42. The van der Waals surface area contributed by atoms with Crippen molar-refractivity contribution in [1.29, 1.82) is 0 Å². The summed E-state index contributed by atoms with van der Waals surface area (Å²) >= 11 is 0. The summed E-state index contributed by atoms with van der Waals surface area (Å²) in [6.45, 7) is 0.0275. The zero-order chi connectivity index (χ0) is 13.5. The highest BCUT2D eigenvalue weighted by molar-refractivity contribution is 6.34. The van der Waals surface area contributed by atoms with Gasteiger partial charge in [-0.15, -0.1) is 0 Å². The Bertz CT molecular complexity index is 448. The summed E-state index contributed by atoms with van der Waals surface area (Å²) in [6.07, 6.45) is 0. The summed E-state index contributed by atoms with van der Waals surface area (Å²) in [4.78, 5) is 22.1. The zero-order valence-electron chi connectivity index (χ0n) is 9.90. The lowest BCUT2D eigenvalue weighted by Gasteiger charge is -2.10. The number of hydrazine groups is 1. The fraction of sp³-hybridized carbons (Fsp3) is 0.273. The maximum absolute atomic E-state index is 11.2. The van der Waals surface area contributed by atoms with Crippen LogP contribution >= 0.6 is 0 Å². The quantitative estimate of drug-likeness (QED) is 0.233. The van der Waals surface area contributed by atoms with Crippen molar-refractivity contribution in [2.45, 2.75) is 13.2 Å². The molecule has 2 amide bonds. The molecule has 1 aromatic rings. The molecule has 0 unspecified atom stereocenters. The summed E-state index contributed by atoms with van der Waals surface area (Å²) in [7, 11) is 1.48. The van der Waals surface area contributed by atoms with Gasteiger partial charge < -0.3 is 15.2 Å². The molecule has 0 fully saturated rings. The van der Waals surface area contributed by atoms with Crippen LogP contribution in [0.5, 0.6) is 5.75 Å². The van der Waals surface area contributed by atoms with Gasteiger partial charge in [-0.05, 0) is 11.6 Å². The van der Waals surface area contributed by atoms with Crippen LogP contribution in [0, 0.1) is 0 Å². The van der Waals surface area contributed by atoms with E-state index in [1.807, 2.05) is 0 Å². The van der Waals surface area contributed by atoms with Crippen LogP contribution in [0.4, 0.5) is 0 Å². The predicted octanol–water partition coefficient (Wildman–Crippen LogP) is -1.21. The van der Waals surface area contributed by atoms with Crippen LogP contribution in [0.2, 0.25) is 0 Å². The van der Waals surface area contributed by atoms with Crippen LogP contribution in [0.3, 0.4) is 0 Å². The number of hydrogen-bond acceptors (Lipinski definition) is 5. The number of carbonyl (C=O) groups is 2. The van der Waals surface area contributed by atoms with E-state index in [1.54, 1.807) is 23.6 Å². The molecule has 5 N–H and O–H groups in total. The molecule has 1 rings (SSSR count). The summed E-state index contributed by atoms with van der Waals surface area (Å²) in [5, 5.41) is 11.4. The smallest absolute Gasteiger partial charge is 0.323 e. The Hall–Kier alpha value is -2.12. The molecule has 0 aliphatic heterocycles. The lowest BCUT2D eigenvalue weighted by atomic mass is 10.1. The molecule has 1 aromatic carbocycles. The van der Waals surface area contributed by atoms with E-state index in [-0.39, 0.29) is 13.2 Å². The Morgan fingerprint density at radius 2 is 2.11 bits per heavy atom. The van der Waals surface area contributed by atoms with Crippen molar-refractivity contribution in [2.24, 2.45) is 5.84 Å². The van der Waals surface area contributed by atoms with Gasteiger partial charge in [0, 0.05) is 12.1 Å². The Kier molecular flexibility index (Phi) is 5.09. The predicted molar refractivity (Wildman–Crippen MR) is 63.1 cm³/mol. The molecule has 0 aliphatic carbocycles. The standard InChI is InChI=1S/C11H15N3O4/c1-18-9-4-7(6-15)2-3-8(9)5-13-10(16)11(17)14-12/h2-4,15H,5-6,12H2,1H3,(H,13,16)(H,14,17). The highest BCUT2D eigenvalue weighted by atomic mass is 16.5. The number of ether oxygens (including phenoxy) is 1. The number of nitrogens with two attached hydrogens (primary N) is 1. The minimum Gasteiger partial charge on any atom is -0.496 e. The highest BCUT2D eigenvalue weighted by Gasteiger charge is 2.12. The summed E-state index contributed by atoms with van der Waals surface area (Å²) in [5.74, 6) is 3.60. The molecule has 0 atom stereocenters. The molecule has 7 heteroatoms. The van der Waals surface area contributed by atoms with Gasteiger partial charge in [-0.3, -0.25) is 15.0 Å². The first-order valence-electron chi connectivity index (χ1n) is 5.17. The van der Waals surface area contributed by atoms with Crippen molar-refractivity contribution >= 4 is 11.8 Å². The average Bonchev–Trinajstić information content (AvgIpc) is 2.43. The first-order chi connectivity index (χ1) is 8.62. The average molecular weight is 253 g/mol. The molecule has 0 bridgehead atoms. The van der Waals surface area contributed by atoms with Crippen LogP contribution in [0.15, 0.2) is 18.2 Å². The fourth-order valence-electron chi connectivity index (χ4n) is 1.35. The van der Waals surface area contributed by atoms with E-state index >= 15 is 0 Å². The van der Waals surface area contributed by atoms with Crippen molar-refractivity contribution in [3.63, 3.8) is 0 Å². The molecule has 7 nitrogen and oxygen atoms in total. The van der Waals surface area contributed by atoms with Gasteiger partial charge in [0.1, 0.15) is 5.75 Å². The molecule has 0 saturated carbocycles. The molecule has 0 aromatic heterocycles. The number of carbonyl (C=O) groups excluding carboxylic acids is 2. The normalized spacial score (nSPS) is 9.72. The number of hydrogen-bond donors (Lipinski definition) is 4. The Morgan fingerprint density at radius 3 is 2.67 bits per heavy atom. The van der Waals surface area contributed by atoms with Gasteiger partial charge in [0.2, 0.25) is 0 Å². The van der Waals surface area contributed by atoms with Crippen molar-refractivity contribution in [3.05, 3.63) is 29.3 Å². The van der Waals surface area contributed by atoms with Gasteiger partial charge in [-0.25, -0.2) is 5.84 Å². The molecule has 0 spiro atoms. The van der Waals surface area contributed by atoms with Gasteiger partial charge in [-0.1, -0.05) is 12.1 Å². The molecule has 0 radical (unpaired) electrons. The molecule has 18 heavy (non-hydrogen) atoms. The van der Waals surface area contributed by atoms with E-state index in [9.17, 15) is 9.59 Å². The maximum Gasteiger partial charge on any atom is 0.323 e. The van der Waals surface area contributed by atoms with Gasteiger partial charge in [0.25, 0.3) is 0 Å². The van der Waals surface area contributed by atoms with Crippen LogP contribution in [-0.4, -0.2) is 24.0 Å². The number of aliphatic hydroxyl groups excluding tert-OH is 1. The third kappa shape index (κ3) is 3.44. The first-order valence-corrected chi connectivity index (χ1v) is 5.17. The van der Waals surface area contributed by atoms with Crippen molar-refractivity contribution in [1.82, 2.24) is 10.7 Å². The first kappa shape index (κ1) is 13.9. The number of nitrogens with one attached hydrogen (secondary N) is 2. The Labute approximate surface area is 104 Å². The second-order valence-electron chi connectivity index (χ2n) is 3.46. The number of methoxy groups -OCH3 is 1. The number of amides is 2. The minimum absolute atomic E-state index is 0.0986. The highest BCUT2D eigenvalue weighted by Crippen LogP contribution is 2.20. The second-order valence-corrected chi connectivity index (χ2v) is 3.46. The minimum atomic E-state index is -0.916. The summed E-state index contributed by atoms with van der Waals surface area (Å²) < 4.78 is 5.12. The van der Waals surface area contributed by atoms with Crippen LogP contribution in [-0.2, 0) is 22.7 Å². The van der Waals surface area contributed by atoms with Crippen LogP contribution in [0.1, 0.15) is 11.1 Å². The van der Waals surface area contributed by atoms with Gasteiger partial charge in [-0.2, -0.15) is 0 Å². The third-order valence-corrected chi connectivity index (χ3v) is 2.31. The van der Waals surface area contributed by atoms with Crippen molar-refractivity contribution in [2.75, 3.05) is 7.11 Å². The van der Waals surface area contributed by atoms with Crippen molar-refractivity contribution in [3.8, 4) is 5.75 Å². The van der Waals surface area contributed by atoms with Gasteiger partial charge in [0.05, 0.1) is 13.7 Å². The third-order valence-electron chi connectivity index (χ3n) is 2.31. The molecule has 98 valence electrons. The van der Waals surface area contributed by atoms with Crippen LogP contribution in [0.25, 0.3) is 0 Å². The van der Waals surface area contributed by atoms with E-state index in [1.165, 1.54) is 7.11 Å². The number of benzene rings is 1. The van der Waals surface area contributed by atoms with E-state index in [0.717, 1.165) is 0 Å². The zero-order valence-corrected chi connectivity index (χ0v) is 9.90. The van der Waals surface area contributed by atoms with E-state index in [2.05, 4.69) is 5.32 Å². The topological polar surface area (TPSA) is 114 Å². The van der Waals surface area contributed by atoms with Crippen LogP contribution < -0.4 is 21.3 Å². The summed E-state index contributed by atoms with van der Waals surface area (Å²) in [6, 6.07) is 5.06. The number of aliphatic hydroxyl groups is 1. The fourth-order valence-corrected chi connectivity index (χ4v) is 1.35. The monoisotopic (exact) mass is 253 g/mol. The molecule has 0 heterocycles. The van der Waals surface area contributed by atoms with E-state index in [0.29, 0.717) is 16.9 Å². The Balaban J connectivity index is 2.73. The molecule has 0 saturated heterocycles. The van der Waals surface area contributed by atoms with E-state index < -0.39 is 11.8 Å². The second kappa shape index (κ2) is 6.58. The summed E-state index contributed by atoms with van der Waals surface area (Å²) in [5.41, 5.74) is 3.12. The van der Waals surface area contributed by atoms with Crippen molar-refractivity contribution < 1.29 is 19.4 Å². The Morgan fingerprint density at radius 1 is 1.39 bits per heavy atom. The molecular formula is C11H15N3O4.